The normalized spacial score (nSPS) is 14.6. The Bertz CT molecular complexity index is 1220. The molecule has 0 aromatic heterocycles. The van der Waals surface area contributed by atoms with Crippen LogP contribution in [0.5, 0.6) is 0 Å². The molecule has 2 rings (SSSR count). The van der Waals surface area contributed by atoms with Crippen LogP contribution < -0.4 is 27.0 Å². The minimum absolute atomic E-state index is 0.0168. The molecule has 0 saturated carbocycles. The maximum Gasteiger partial charge on any atom is 0.312 e. The summed E-state index contributed by atoms with van der Waals surface area (Å²) < 4.78 is 4.95. The van der Waals surface area contributed by atoms with Gasteiger partial charge in [0.2, 0.25) is 17.7 Å². The van der Waals surface area contributed by atoms with Gasteiger partial charge < -0.3 is 31.7 Å². The summed E-state index contributed by atoms with van der Waals surface area (Å²) in [5, 5.41) is 9.57. The molecule has 0 saturated heterocycles. The van der Waals surface area contributed by atoms with E-state index >= 15 is 0 Å². The van der Waals surface area contributed by atoms with Gasteiger partial charge in [0.1, 0.15) is 18.7 Å². The molecule has 0 aliphatic carbocycles. The summed E-state index contributed by atoms with van der Waals surface area (Å²) in [6.07, 6.45) is 2.81. The Labute approximate surface area is 254 Å². The Hall–Kier alpha value is -4.40. The Balaban J connectivity index is 2.05. The van der Waals surface area contributed by atoms with Gasteiger partial charge in [-0.3, -0.25) is 33.7 Å². The van der Waals surface area contributed by atoms with E-state index in [1.54, 1.807) is 38.1 Å². The van der Waals surface area contributed by atoms with Crippen molar-refractivity contribution in [1.82, 2.24) is 20.9 Å². The smallest absolute Gasteiger partial charge is 0.312 e. The van der Waals surface area contributed by atoms with Crippen LogP contribution in [0.25, 0.3) is 0 Å². The molecule has 1 aromatic carbocycles. The molecule has 0 fully saturated rings. The van der Waals surface area contributed by atoms with Crippen molar-refractivity contribution < 1.29 is 38.3 Å². The number of urea groups is 1. The number of hydrogen-bond donors (Lipinski definition) is 6. The van der Waals surface area contributed by atoms with Crippen molar-refractivity contribution in [3.05, 3.63) is 42.0 Å². The van der Waals surface area contributed by atoms with Crippen molar-refractivity contribution in [2.45, 2.75) is 64.0 Å². The average molecular weight is 619 g/mol. The molecule has 43 heavy (non-hydrogen) atoms. The van der Waals surface area contributed by atoms with Gasteiger partial charge in [-0.2, -0.15) is 12.6 Å². The molecule has 15 heteroatoms. The highest BCUT2D eigenvalue weighted by Crippen LogP contribution is 2.14. The van der Waals surface area contributed by atoms with E-state index in [9.17, 15) is 33.6 Å². The van der Waals surface area contributed by atoms with E-state index in [1.165, 1.54) is 6.92 Å². The minimum atomic E-state index is -1.03. The molecule has 0 spiro atoms. The largest absolute Gasteiger partial charge is 0.461 e. The lowest BCUT2D eigenvalue weighted by atomic mass is 10.0. The average Bonchev–Trinajstić information content (AvgIpc) is 3.27. The molecule has 3 atom stereocenters. The van der Waals surface area contributed by atoms with E-state index in [1.807, 2.05) is 0 Å². The van der Waals surface area contributed by atoms with E-state index in [4.69, 9.17) is 10.5 Å². The Morgan fingerprint density at radius 3 is 2.12 bits per heavy atom. The summed E-state index contributed by atoms with van der Waals surface area (Å²) in [4.78, 5) is 85.9. The summed E-state index contributed by atoms with van der Waals surface area (Å²) in [6, 6.07) is 3.80. The lowest BCUT2D eigenvalue weighted by molar-refractivity contribution is -0.142. The number of benzene rings is 1. The number of carbonyl (C=O) groups excluding carboxylic acids is 7. The van der Waals surface area contributed by atoms with E-state index in [0.29, 0.717) is 17.7 Å². The number of amides is 7. The Morgan fingerprint density at radius 1 is 0.930 bits per heavy atom. The third-order valence-electron chi connectivity index (χ3n) is 6.34. The van der Waals surface area contributed by atoms with Crippen molar-refractivity contribution in [3.8, 4) is 0 Å². The van der Waals surface area contributed by atoms with E-state index in [-0.39, 0.29) is 38.5 Å². The summed E-state index contributed by atoms with van der Waals surface area (Å²) in [5.41, 5.74) is 6.25. The number of hydrogen-bond acceptors (Lipinski definition) is 9. The highest BCUT2D eigenvalue weighted by atomic mass is 32.1. The maximum atomic E-state index is 13.3. The van der Waals surface area contributed by atoms with Gasteiger partial charge in [-0.15, -0.1) is 0 Å². The molecule has 234 valence electrons. The molecule has 0 radical (unpaired) electrons. The van der Waals surface area contributed by atoms with Crippen molar-refractivity contribution in [2.24, 2.45) is 11.7 Å². The number of ether oxygens (including phenoxy) is 1. The molecule has 1 aliphatic heterocycles. The minimum Gasteiger partial charge on any atom is -0.461 e. The van der Waals surface area contributed by atoms with Crippen LogP contribution in [0.1, 0.15) is 45.6 Å². The summed E-state index contributed by atoms with van der Waals surface area (Å²) >= 11 is 4.28. The number of thiol groups is 1. The number of anilines is 1. The van der Waals surface area contributed by atoms with Crippen LogP contribution in [0, 0.1) is 5.92 Å². The van der Waals surface area contributed by atoms with Gasteiger partial charge in [0.05, 0.1) is 5.25 Å². The fourth-order valence-electron chi connectivity index (χ4n) is 3.97. The monoisotopic (exact) mass is 618 g/mol. The van der Waals surface area contributed by atoms with Crippen molar-refractivity contribution in [1.29, 1.82) is 0 Å². The van der Waals surface area contributed by atoms with Gasteiger partial charge in [-0.05, 0) is 42.9 Å². The number of nitrogens with zero attached hydrogens (tertiary/aromatic N) is 1. The predicted octanol–water partition coefficient (Wildman–Crippen LogP) is 0.376. The van der Waals surface area contributed by atoms with Crippen LogP contribution in [0.4, 0.5) is 10.5 Å². The van der Waals surface area contributed by atoms with Crippen LogP contribution in [0.15, 0.2) is 36.4 Å². The lowest BCUT2D eigenvalue weighted by Gasteiger charge is -2.26. The van der Waals surface area contributed by atoms with Crippen molar-refractivity contribution in [3.63, 3.8) is 0 Å². The topological polar surface area (TPSA) is 206 Å². The standard InChI is InChI=1S/C28H38N6O8S/c1-16(2)24(33-26(39)21(43)12-14-34-22(36)10-11-23(34)37)27(40)32-20(5-4-13-30-28(29)41)25(38)31-19-8-6-18(7-9-19)15-42-17(3)35/h6-11,16,20-21,24,43H,4-5,12-15H2,1-3H3,(H,31,38)(H,32,40)(H,33,39)(H3,29,30,41)/t20-,21+,24-/m0/s1. The Kier molecular flexibility index (Phi) is 13.7. The number of esters is 1. The molecule has 0 unspecified atom stereocenters. The molecule has 0 bridgehead atoms. The van der Waals surface area contributed by atoms with Crippen LogP contribution in [-0.4, -0.2) is 76.9 Å². The molecule has 1 heterocycles. The SMILES string of the molecule is CC(=O)OCc1ccc(NC(=O)[C@H](CCCNC(N)=O)NC(=O)[C@@H](NC(=O)[C@H](S)CCN2C(=O)C=CC2=O)C(C)C)cc1. The van der Waals surface area contributed by atoms with E-state index in [0.717, 1.165) is 17.1 Å². The second kappa shape index (κ2) is 16.9. The quantitative estimate of drug-likeness (QED) is 0.0659. The summed E-state index contributed by atoms with van der Waals surface area (Å²) in [6.45, 7) is 4.97. The fraction of sp³-hybridized carbons (Fsp3) is 0.464. The second-order valence-electron chi connectivity index (χ2n) is 10.2. The molecular weight excluding hydrogens is 580 g/mol. The predicted molar refractivity (Wildman–Crippen MR) is 159 cm³/mol. The zero-order chi connectivity index (χ0) is 32.1. The highest BCUT2D eigenvalue weighted by Gasteiger charge is 2.31. The molecular formula is C28H38N6O8S. The molecule has 7 amide bonds. The highest BCUT2D eigenvalue weighted by molar-refractivity contribution is 7.81. The lowest BCUT2D eigenvalue weighted by Crippen LogP contribution is -2.55. The number of imide groups is 1. The van der Waals surface area contributed by atoms with Crippen molar-refractivity contribution >= 4 is 59.9 Å². The first-order chi connectivity index (χ1) is 20.3. The second-order valence-corrected chi connectivity index (χ2v) is 10.8. The third kappa shape index (κ3) is 11.8. The van der Waals surface area contributed by atoms with Crippen LogP contribution >= 0.6 is 12.6 Å². The number of carbonyl (C=O) groups is 7. The zero-order valence-electron chi connectivity index (χ0n) is 24.3. The first kappa shape index (κ1) is 34.8. The molecule has 1 aromatic rings. The number of nitrogens with two attached hydrogens (primary N) is 1. The van der Waals surface area contributed by atoms with E-state index in [2.05, 4.69) is 33.9 Å². The fourth-order valence-corrected chi connectivity index (χ4v) is 4.16. The first-order valence-corrected chi connectivity index (χ1v) is 14.2. The third-order valence-corrected chi connectivity index (χ3v) is 6.83. The zero-order valence-corrected chi connectivity index (χ0v) is 25.1. The van der Waals surface area contributed by atoms with Gasteiger partial charge in [0, 0.05) is 37.9 Å². The number of primary amides is 1. The molecule has 1 aliphatic rings. The van der Waals surface area contributed by atoms with Crippen LogP contribution in [0.2, 0.25) is 0 Å². The van der Waals surface area contributed by atoms with Gasteiger partial charge in [-0.1, -0.05) is 26.0 Å². The van der Waals surface area contributed by atoms with Gasteiger partial charge >= 0.3 is 12.0 Å². The number of rotatable bonds is 16. The summed E-state index contributed by atoms with van der Waals surface area (Å²) in [5.74, 6) is -3.47. The maximum absolute atomic E-state index is 13.3. The molecule has 6 N–H and O–H groups in total. The molecule has 14 nitrogen and oxygen atoms in total. The van der Waals surface area contributed by atoms with Gasteiger partial charge in [0.15, 0.2) is 0 Å². The van der Waals surface area contributed by atoms with Crippen LogP contribution in [0.3, 0.4) is 0 Å². The van der Waals surface area contributed by atoms with Crippen LogP contribution in [-0.2, 0) is 40.1 Å². The van der Waals surface area contributed by atoms with Gasteiger partial charge in [0.25, 0.3) is 11.8 Å². The van der Waals surface area contributed by atoms with Crippen molar-refractivity contribution in [2.75, 3.05) is 18.4 Å². The van der Waals surface area contributed by atoms with E-state index < -0.39 is 58.9 Å². The Morgan fingerprint density at radius 2 is 1.56 bits per heavy atom. The first-order valence-electron chi connectivity index (χ1n) is 13.7. The number of nitrogens with one attached hydrogen (secondary N) is 4. The van der Waals surface area contributed by atoms with Gasteiger partial charge in [-0.25, -0.2) is 4.79 Å². The summed E-state index contributed by atoms with van der Waals surface area (Å²) in [7, 11) is 0.